The summed E-state index contributed by atoms with van der Waals surface area (Å²) in [6.45, 7) is 0. The van der Waals surface area contributed by atoms with Crippen molar-refractivity contribution in [1.82, 2.24) is 4.98 Å². The fourth-order valence-corrected chi connectivity index (χ4v) is 1.40. The van der Waals surface area contributed by atoms with Crippen LogP contribution in [0.3, 0.4) is 0 Å². The number of pyridine rings is 1. The van der Waals surface area contributed by atoms with E-state index in [1.807, 2.05) is 0 Å². The Morgan fingerprint density at radius 3 is 2.81 bits per heavy atom. The summed E-state index contributed by atoms with van der Waals surface area (Å²) in [6, 6.07) is 2.34. The van der Waals surface area contributed by atoms with Crippen LogP contribution in [0, 0.1) is 10.1 Å². The maximum absolute atomic E-state index is 10.5. The van der Waals surface area contributed by atoms with E-state index < -0.39 is 17.1 Å². The number of hydrogen-bond acceptors (Lipinski definition) is 5. The lowest BCUT2D eigenvalue weighted by Crippen LogP contribution is -2.19. The molecule has 0 aliphatic rings. The van der Waals surface area contributed by atoms with Gasteiger partial charge in [-0.2, -0.15) is 0 Å². The van der Waals surface area contributed by atoms with Gasteiger partial charge in [0.2, 0.25) is 0 Å². The van der Waals surface area contributed by atoms with Crippen molar-refractivity contribution in [2.75, 3.05) is 5.88 Å². The van der Waals surface area contributed by atoms with Crippen molar-refractivity contribution in [2.24, 2.45) is 0 Å². The number of rotatable bonds is 5. The van der Waals surface area contributed by atoms with E-state index in [0.29, 0.717) is 0 Å². The molecule has 0 radical (unpaired) electrons. The first kappa shape index (κ1) is 12.8. The zero-order chi connectivity index (χ0) is 12.1. The third-order valence-electron chi connectivity index (χ3n) is 2.05. The summed E-state index contributed by atoms with van der Waals surface area (Å²) in [6.07, 6.45) is -0.942. The molecule has 0 aromatic carbocycles. The molecule has 16 heavy (non-hydrogen) atoms. The molecule has 0 bridgehead atoms. The van der Waals surface area contributed by atoms with E-state index in [-0.39, 0.29) is 23.7 Å². The minimum atomic E-state index is -1.27. The van der Waals surface area contributed by atoms with Gasteiger partial charge in [0.25, 0.3) is 5.69 Å². The average Bonchev–Trinajstić information content (AvgIpc) is 2.28. The molecule has 88 valence electrons. The highest BCUT2D eigenvalue weighted by atomic mass is 35.5. The second-order valence-electron chi connectivity index (χ2n) is 3.19. The van der Waals surface area contributed by atoms with Gasteiger partial charge in [0.1, 0.15) is 6.10 Å². The fraction of sp³-hybridized carbons (Fsp3) is 0.444. The Morgan fingerprint density at radius 1 is 1.56 bits per heavy atom. The molecule has 1 rings (SSSR count). The SMILES string of the molecule is O=[N+]([O-])c1ccnc(C(O)C(O)CCCl)c1. The first-order valence-corrected chi connectivity index (χ1v) is 5.12. The summed E-state index contributed by atoms with van der Waals surface area (Å²) in [5.74, 6) is 0.188. The van der Waals surface area contributed by atoms with Crippen molar-refractivity contribution in [3.63, 3.8) is 0 Å². The van der Waals surface area contributed by atoms with Crippen LogP contribution in [-0.4, -0.2) is 32.1 Å². The number of aliphatic hydroxyl groups excluding tert-OH is 2. The summed E-state index contributed by atoms with van der Waals surface area (Å²) >= 11 is 5.41. The van der Waals surface area contributed by atoms with Crippen LogP contribution in [0.5, 0.6) is 0 Å². The van der Waals surface area contributed by atoms with E-state index in [9.17, 15) is 20.3 Å². The lowest BCUT2D eigenvalue weighted by molar-refractivity contribution is -0.385. The van der Waals surface area contributed by atoms with Crippen LogP contribution in [0.25, 0.3) is 0 Å². The third kappa shape index (κ3) is 3.13. The minimum Gasteiger partial charge on any atom is -0.390 e. The predicted molar refractivity (Wildman–Crippen MR) is 57.2 cm³/mol. The maximum atomic E-state index is 10.5. The zero-order valence-electron chi connectivity index (χ0n) is 8.28. The molecule has 2 unspecified atom stereocenters. The topological polar surface area (TPSA) is 96.5 Å². The van der Waals surface area contributed by atoms with Crippen LogP contribution < -0.4 is 0 Å². The van der Waals surface area contributed by atoms with Crippen molar-refractivity contribution in [1.29, 1.82) is 0 Å². The van der Waals surface area contributed by atoms with Crippen molar-refractivity contribution in [2.45, 2.75) is 18.6 Å². The van der Waals surface area contributed by atoms with Crippen molar-refractivity contribution < 1.29 is 15.1 Å². The Kier molecular flexibility index (Phi) is 4.60. The molecule has 0 saturated heterocycles. The first-order valence-electron chi connectivity index (χ1n) is 4.58. The number of nitro groups is 1. The van der Waals surface area contributed by atoms with Crippen molar-refractivity contribution in [3.05, 3.63) is 34.1 Å². The number of hydrogen-bond donors (Lipinski definition) is 2. The molecule has 0 aliphatic carbocycles. The molecule has 2 atom stereocenters. The highest BCUT2D eigenvalue weighted by molar-refractivity contribution is 6.17. The van der Waals surface area contributed by atoms with Crippen LogP contribution in [0.2, 0.25) is 0 Å². The van der Waals surface area contributed by atoms with Gasteiger partial charge in [-0.1, -0.05) is 0 Å². The largest absolute Gasteiger partial charge is 0.390 e. The molecule has 0 saturated carbocycles. The van der Waals surface area contributed by atoms with Gasteiger partial charge in [0.05, 0.1) is 16.7 Å². The molecule has 1 aromatic heterocycles. The van der Waals surface area contributed by atoms with E-state index in [2.05, 4.69) is 4.98 Å². The summed E-state index contributed by atoms with van der Waals surface area (Å²) in [5.41, 5.74) is -0.117. The van der Waals surface area contributed by atoms with Crippen molar-refractivity contribution in [3.8, 4) is 0 Å². The van der Waals surface area contributed by atoms with Crippen LogP contribution in [0.15, 0.2) is 18.3 Å². The van der Waals surface area contributed by atoms with Crippen LogP contribution >= 0.6 is 11.6 Å². The molecule has 1 aromatic rings. The summed E-state index contributed by atoms with van der Waals surface area (Å²) in [4.78, 5) is 13.7. The number of aliphatic hydroxyl groups is 2. The highest BCUT2D eigenvalue weighted by Crippen LogP contribution is 2.20. The quantitative estimate of drug-likeness (QED) is 0.459. The summed E-state index contributed by atoms with van der Waals surface area (Å²) < 4.78 is 0. The number of aromatic nitrogens is 1. The van der Waals surface area contributed by atoms with E-state index in [1.165, 1.54) is 12.3 Å². The van der Waals surface area contributed by atoms with E-state index >= 15 is 0 Å². The number of alkyl halides is 1. The molecule has 7 heteroatoms. The van der Waals surface area contributed by atoms with Gasteiger partial charge in [-0.15, -0.1) is 11.6 Å². The smallest absolute Gasteiger partial charge is 0.272 e. The van der Waals surface area contributed by atoms with Gasteiger partial charge < -0.3 is 10.2 Å². The molecule has 6 nitrogen and oxygen atoms in total. The van der Waals surface area contributed by atoms with E-state index in [4.69, 9.17) is 11.6 Å². The number of nitrogens with zero attached hydrogens (tertiary/aromatic N) is 2. The Morgan fingerprint density at radius 2 is 2.25 bits per heavy atom. The van der Waals surface area contributed by atoms with Gasteiger partial charge >= 0.3 is 0 Å². The van der Waals surface area contributed by atoms with Crippen molar-refractivity contribution >= 4 is 17.3 Å². The van der Waals surface area contributed by atoms with Crippen LogP contribution in [0.1, 0.15) is 18.2 Å². The number of halogens is 1. The minimum absolute atomic E-state index is 0.0619. The molecule has 1 heterocycles. The van der Waals surface area contributed by atoms with E-state index in [1.54, 1.807) is 0 Å². The van der Waals surface area contributed by atoms with Gasteiger partial charge in [0, 0.05) is 24.2 Å². The van der Waals surface area contributed by atoms with Crippen LogP contribution in [-0.2, 0) is 0 Å². The first-order chi connectivity index (χ1) is 7.56. The van der Waals surface area contributed by atoms with Gasteiger partial charge in [0.15, 0.2) is 0 Å². The molecule has 2 N–H and O–H groups in total. The monoisotopic (exact) mass is 246 g/mol. The lowest BCUT2D eigenvalue weighted by Gasteiger charge is -2.15. The van der Waals surface area contributed by atoms with Gasteiger partial charge in [-0.25, -0.2) is 0 Å². The second kappa shape index (κ2) is 5.74. The molecule has 0 amide bonds. The highest BCUT2D eigenvalue weighted by Gasteiger charge is 2.21. The lowest BCUT2D eigenvalue weighted by atomic mass is 10.1. The molecular weight excluding hydrogens is 236 g/mol. The Hall–Kier alpha value is -1.24. The van der Waals surface area contributed by atoms with Crippen LogP contribution in [0.4, 0.5) is 5.69 Å². The second-order valence-corrected chi connectivity index (χ2v) is 3.56. The van der Waals surface area contributed by atoms with E-state index in [0.717, 1.165) is 6.07 Å². The Labute approximate surface area is 96.7 Å². The average molecular weight is 247 g/mol. The Bertz CT molecular complexity index is 374. The molecule has 0 spiro atoms. The zero-order valence-corrected chi connectivity index (χ0v) is 9.04. The van der Waals surface area contributed by atoms with Gasteiger partial charge in [-0.3, -0.25) is 15.1 Å². The Balaban J connectivity index is 2.86. The fourth-order valence-electron chi connectivity index (χ4n) is 1.18. The third-order valence-corrected chi connectivity index (χ3v) is 2.27. The normalized spacial score (nSPS) is 14.4. The van der Waals surface area contributed by atoms with Gasteiger partial charge in [-0.05, 0) is 6.42 Å². The molecular formula is C9H11ClN2O4. The standard InChI is InChI=1S/C9H11ClN2O4/c10-3-1-8(13)9(14)7-5-6(12(15)16)2-4-11-7/h2,4-5,8-9,13-14H,1,3H2. The predicted octanol–water partition coefficient (Wildman–Crippen LogP) is 1.01. The summed E-state index contributed by atoms with van der Waals surface area (Å²) in [7, 11) is 0. The molecule has 0 fully saturated rings. The maximum Gasteiger partial charge on any atom is 0.272 e. The summed E-state index contributed by atoms with van der Waals surface area (Å²) in [5, 5.41) is 29.6. The molecule has 0 aliphatic heterocycles.